The average molecular weight is 244 g/mol. The third-order valence-electron chi connectivity index (χ3n) is 4.01. The Morgan fingerprint density at radius 3 is 2.83 bits per heavy atom. The minimum atomic E-state index is 0.758. The van der Waals surface area contributed by atoms with Gasteiger partial charge in [-0.2, -0.15) is 0 Å². The molecule has 0 radical (unpaired) electrons. The van der Waals surface area contributed by atoms with Crippen LogP contribution >= 0.6 is 0 Å². The Bertz CT molecular complexity index is 538. The van der Waals surface area contributed by atoms with E-state index in [2.05, 4.69) is 51.8 Å². The fourth-order valence-electron chi connectivity index (χ4n) is 2.76. The molecule has 0 saturated carbocycles. The first-order valence-corrected chi connectivity index (χ1v) is 6.72. The van der Waals surface area contributed by atoms with Gasteiger partial charge in [-0.05, 0) is 57.5 Å². The molecule has 4 nitrogen and oxygen atoms in total. The fourth-order valence-corrected chi connectivity index (χ4v) is 2.76. The molecule has 0 unspecified atom stereocenters. The van der Waals surface area contributed by atoms with Crippen LogP contribution in [0.1, 0.15) is 24.2 Å². The van der Waals surface area contributed by atoms with E-state index < -0.39 is 0 Å². The Labute approximate surface area is 108 Å². The maximum absolute atomic E-state index is 4.37. The summed E-state index contributed by atoms with van der Waals surface area (Å²) in [5.41, 5.74) is 2.19. The van der Waals surface area contributed by atoms with Crippen LogP contribution in [-0.4, -0.2) is 39.6 Å². The van der Waals surface area contributed by atoms with Crippen molar-refractivity contribution < 1.29 is 0 Å². The van der Waals surface area contributed by atoms with Crippen molar-refractivity contribution in [3.63, 3.8) is 0 Å². The molecule has 3 rings (SSSR count). The van der Waals surface area contributed by atoms with Crippen molar-refractivity contribution in [3.05, 3.63) is 29.7 Å². The summed E-state index contributed by atoms with van der Waals surface area (Å²) >= 11 is 0. The van der Waals surface area contributed by atoms with E-state index in [4.69, 9.17) is 0 Å². The predicted molar refractivity (Wildman–Crippen MR) is 71.6 cm³/mol. The zero-order valence-corrected chi connectivity index (χ0v) is 11.1. The Hall–Kier alpha value is -1.42. The summed E-state index contributed by atoms with van der Waals surface area (Å²) in [7, 11) is 2.20. The zero-order valence-electron chi connectivity index (χ0n) is 11.1. The summed E-state index contributed by atoms with van der Waals surface area (Å²) in [6, 6.07) is 4.16. The van der Waals surface area contributed by atoms with Crippen LogP contribution in [0.5, 0.6) is 0 Å². The van der Waals surface area contributed by atoms with Crippen molar-refractivity contribution in [3.8, 4) is 0 Å². The highest BCUT2D eigenvalue weighted by Gasteiger charge is 2.19. The summed E-state index contributed by atoms with van der Waals surface area (Å²) in [4.78, 5) is 2.41. The van der Waals surface area contributed by atoms with E-state index >= 15 is 0 Å². The first-order chi connectivity index (χ1) is 8.74. The second kappa shape index (κ2) is 4.69. The van der Waals surface area contributed by atoms with Crippen molar-refractivity contribution in [1.29, 1.82) is 0 Å². The lowest BCUT2D eigenvalue weighted by Crippen LogP contribution is -2.31. The SMILES string of the molecule is Cc1cccn2c(CC3CCN(C)CC3)nnc12. The van der Waals surface area contributed by atoms with Crippen LogP contribution in [-0.2, 0) is 6.42 Å². The number of fused-ring (bicyclic) bond motifs is 1. The van der Waals surface area contributed by atoms with Gasteiger partial charge in [-0.25, -0.2) is 0 Å². The number of rotatable bonds is 2. The monoisotopic (exact) mass is 244 g/mol. The minimum Gasteiger partial charge on any atom is -0.306 e. The lowest BCUT2D eigenvalue weighted by molar-refractivity contribution is 0.217. The highest BCUT2D eigenvalue weighted by atomic mass is 15.2. The second-order valence-electron chi connectivity index (χ2n) is 5.45. The number of piperidine rings is 1. The van der Waals surface area contributed by atoms with E-state index in [1.165, 1.54) is 31.5 Å². The highest BCUT2D eigenvalue weighted by Crippen LogP contribution is 2.20. The normalized spacial score (nSPS) is 18.6. The molecule has 2 aromatic rings. The smallest absolute Gasteiger partial charge is 0.163 e. The number of hydrogen-bond donors (Lipinski definition) is 0. The van der Waals surface area contributed by atoms with Gasteiger partial charge in [0.25, 0.3) is 0 Å². The molecule has 2 aromatic heterocycles. The van der Waals surface area contributed by atoms with Crippen LogP contribution in [0.25, 0.3) is 5.65 Å². The molecule has 0 aromatic carbocycles. The molecule has 0 amide bonds. The van der Waals surface area contributed by atoms with Crippen LogP contribution in [0.2, 0.25) is 0 Å². The van der Waals surface area contributed by atoms with E-state index in [-0.39, 0.29) is 0 Å². The van der Waals surface area contributed by atoms with Crippen LogP contribution in [0.15, 0.2) is 18.3 Å². The lowest BCUT2D eigenvalue weighted by atomic mass is 9.93. The Morgan fingerprint density at radius 2 is 2.06 bits per heavy atom. The van der Waals surface area contributed by atoms with Crippen molar-refractivity contribution in [2.24, 2.45) is 5.92 Å². The summed E-state index contributed by atoms with van der Waals surface area (Å²) in [6.45, 7) is 4.50. The second-order valence-corrected chi connectivity index (χ2v) is 5.45. The van der Waals surface area contributed by atoms with Crippen LogP contribution in [0, 0.1) is 12.8 Å². The molecule has 1 fully saturated rings. The molecular weight excluding hydrogens is 224 g/mol. The van der Waals surface area contributed by atoms with Crippen LogP contribution in [0.4, 0.5) is 0 Å². The van der Waals surface area contributed by atoms with E-state index in [0.29, 0.717) is 0 Å². The molecule has 0 atom stereocenters. The Morgan fingerprint density at radius 1 is 1.28 bits per heavy atom. The number of hydrogen-bond acceptors (Lipinski definition) is 3. The van der Waals surface area contributed by atoms with Crippen molar-refractivity contribution >= 4 is 5.65 Å². The average Bonchev–Trinajstić information content (AvgIpc) is 2.77. The van der Waals surface area contributed by atoms with Gasteiger partial charge in [-0.15, -0.1) is 10.2 Å². The van der Waals surface area contributed by atoms with Gasteiger partial charge in [-0.3, -0.25) is 4.40 Å². The maximum atomic E-state index is 4.37. The van der Waals surface area contributed by atoms with Crippen LogP contribution in [0.3, 0.4) is 0 Å². The van der Waals surface area contributed by atoms with Gasteiger partial charge in [0.15, 0.2) is 5.65 Å². The number of pyridine rings is 1. The zero-order chi connectivity index (χ0) is 12.5. The summed E-state index contributed by atoms with van der Waals surface area (Å²) in [6.07, 6.45) is 5.68. The molecule has 18 heavy (non-hydrogen) atoms. The van der Waals surface area contributed by atoms with E-state index in [9.17, 15) is 0 Å². The van der Waals surface area contributed by atoms with Gasteiger partial charge >= 0.3 is 0 Å². The summed E-state index contributed by atoms with van der Waals surface area (Å²) < 4.78 is 2.15. The number of nitrogens with zero attached hydrogens (tertiary/aromatic N) is 4. The molecule has 1 aliphatic rings. The molecular formula is C14H20N4. The van der Waals surface area contributed by atoms with Gasteiger partial charge in [-0.1, -0.05) is 6.07 Å². The number of aromatic nitrogens is 3. The van der Waals surface area contributed by atoms with Gasteiger partial charge in [0, 0.05) is 12.6 Å². The first-order valence-electron chi connectivity index (χ1n) is 6.72. The predicted octanol–water partition coefficient (Wildman–Crippen LogP) is 1.92. The number of likely N-dealkylation sites (tertiary alicyclic amines) is 1. The fraction of sp³-hybridized carbons (Fsp3) is 0.571. The largest absolute Gasteiger partial charge is 0.306 e. The van der Waals surface area contributed by atoms with Gasteiger partial charge in [0.2, 0.25) is 0 Å². The molecule has 3 heterocycles. The van der Waals surface area contributed by atoms with E-state index in [0.717, 1.165) is 23.8 Å². The van der Waals surface area contributed by atoms with Gasteiger partial charge < -0.3 is 4.90 Å². The standard InChI is InChI=1S/C14H20N4/c1-11-4-3-7-18-13(15-16-14(11)18)10-12-5-8-17(2)9-6-12/h3-4,7,12H,5-6,8-10H2,1-2H3. The highest BCUT2D eigenvalue weighted by molar-refractivity contribution is 5.46. The third kappa shape index (κ3) is 2.12. The lowest BCUT2D eigenvalue weighted by Gasteiger charge is -2.28. The molecule has 96 valence electrons. The van der Waals surface area contributed by atoms with Gasteiger partial charge in [0.1, 0.15) is 5.82 Å². The molecule has 0 spiro atoms. The van der Waals surface area contributed by atoms with E-state index in [1.54, 1.807) is 0 Å². The topological polar surface area (TPSA) is 33.4 Å². The van der Waals surface area contributed by atoms with Crippen LogP contribution < -0.4 is 0 Å². The first kappa shape index (κ1) is 11.7. The summed E-state index contributed by atoms with van der Waals surface area (Å²) in [5, 5.41) is 8.67. The summed E-state index contributed by atoms with van der Waals surface area (Å²) in [5.74, 6) is 1.87. The molecule has 1 saturated heterocycles. The van der Waals surface area contributed by atoms with Crippen molar-refractivity contribution in [2.45, 2.75) is 26.2 Å². The Balaban J connectivity index is 1.81. The number of aryl methyl sites for hydroxylation is 1. The molecule has 0 aliphatic carbocycles. The van der Waals surface area contributed by atoms with Crippen molar-refractivity contribution in [2.75, 3.05) is 20.1 Å². The van der Waals surface area contributed by atoms with Gasteiger partial charge in [0.05, 0.1) is 0 Å². The molecule has 0 bridgehead atoms. The molecule has 4 heteroatoms. The minimum absolute atomic E-state index is 0.758. The third-order valence-corrected chi connectivity index (χ3v) is 4.01. The van der Waals surface area contributed by atoms with E-state index in [1.807, 2.05) is 0 Å². The van der Waals surface area contributed by atoms with Crippen molar-refractivity contribution in [1.82, 2.24) is 19.5 Å². The quantitative estimate of drug-likeness (QED) is 0.809. The Kier molecular flexibility index (Phi) is 3.04. The maximum Gasteiger partial charge on any atom is 0.163 e. The molecule has 0 N–H and O–H groups in total. The molecule has 1 aliphatic heterocycles.